The number of carbonyl (C=O) groups excluding carboxylic acids is 1. The lowest BCUT2D eigenvalue weighted by Gasteiger charge is -2.22. The van der Waals surface area contributed by atoms with Crippen LogP contribution in [0.1, 0.15) is 19.4 Å². The van der Waals surface area contributed by atoms with Crippen molar-refractivity contribution >= 4 is 6.03 Å². The van der Waals surface area contributed by atoms with E-state index >= 15 is 0 Å². The minimum atomic E-state index is -0.151. The number of carbonyl (C=O) groups is 1. The van der Waals surface area contributed by atoms with E-state index in [1.807, 2.05) is 18.2 Å². The predicted octanol–water partition coefficient (Wildman–Crippen LogP) is 1.84. The molecule has 0 bridgehead atoms. The number of rotatable bonds is 7. The second-order valence-electron chi connectivity index (χ2n) is 5.57. The van der Waals surface area contributed by atoms with E-state index in [0.717, 1.165) is 6.42 Å². The van der Waals surface area contributed by atoms with Crippen LogP contribution in [0.5, 0.6) is 0 Å². The van der Waals surface area contributed by atoms with Crippen LogP contribution < -0.4 is 10.6 Å². The van der Waals surface area contributed by atoms with Gasteiger partial charge in [-0.05, 0) is 17.9 Å². The third-order valence-corrected chi connectivity index (χ3v) is 3.49. The van der Waals surface area contributed by atoms with E-state index in [0.29, 0.717) is 19.0 Å². The highest BCUT2D eigenvalue weighted by molar-refractivity contribution is 5.74. The number of urea groups is 1. The summed E-state index contributed by atoms with van der Waals surface area (Å²) >= 11 is 0. The fourth-order valence-corrected chi connectivity index (χ4v) is 2.12. The van der Waals surface area contributed by atoms with Gasteiger partial charge in [0.25, 0.3) is 0 Å². The molecule has 0 unspecified atom stereocenters. The zero-order valence-corrected chi connectivity index (χ0v) is 13.1. The van der Waals surface area contributed by atoms with Gasteiger partial charge in [0.2, 0.25) is 0 Å². The molecule has 0 radical (unpaired) electrons. The fraction of sp³-hybridized carbons (Fsp3) is 0.438. The van der Waals surface area contributed by atoms with Crippen LogP contribution in [-0.2, 0) is 13.0 Å². The average Bonchev–Trinajstić information content (AvgIpc) is 3.00. The third kappa shape index (κ3) is 5.20. The second kappa shape index (κ2) is 8.17. The number of amides is 2. The summed E-state index contributed by atoms with van der Waals surface area (Å²) in [5, 5.41) is 14.0. The molecule has 2 rings (SSSR count). The normalized spacial score (nSPS) is 12.1. The van der Waals surface area contributed by atoms with Crippen molar-refractivity contribution in [3.8, 4) is 0 Å². The lowest BCUT2D eigenvalue weighted by Crippen LogP contribution is -2.47. The fourth-order valence-electron chi connectivity index (χ4n) is 2.12. The molecule has 0 fully saturated rings. The second-order valence-corrected chi connectivity index (χ2v) is 5.57. The van der Waals surface area contributed by atoms with Crippen molar-refractivity contribution in [1.29, 1.82) is 0 Å². The summed E-state index contributed by atoms with van der Waals surface area (Å²) in [4.78, 5) is 13.6. The Balaban J connectivity index is 1.76. The monoisotopic (exact) mass is 301 g/mol. The molecule has 22 heavy (non-hydrogen) atoms. The molecule has 0 aliphatic rings. The maximum Gasteiger partial charge on any atom is 0.315 e. The molecule has 0 saturated carbocycles. The molecule has 2 amide bonds. The predicted molar refractivity (Wildman–Crippen MR) is 85.3 cm³/mol. The lowest BCUT2D eigenvalue weighted by molar-refractivity contribution is 0.228. The van der Waals surface area contributed by atoms with Crippen LogP contribution in [0.3, 0.4) is 0 Å². The third-order valence-electron chi connectivity index (χ3n) is 3.49. The largest absolute Gasteiger partial charge is 0.338 e. The Kier molecular flexibility index (Phi) is 5.94. The summed E-state index contributed by atoms with van der Waals surface area (Å²) < 4.78 is 0. The Morgan fingerprint density at radius 2 is 1.86 bits per heavy atom. The van der Waals surface area contributed by atoms with Crippen molar-refractivity contribution in [2.45, 2.75) is 32.9 Å². The molecular weight excluding hydrogens is 278 g/mol. The SMILES string of the molecule is CC(C)[C@@H](Cn1nccn1)NC(=O)NCCc1ccccc1. The van der Waals surface area contributed by atoms with E-state index in [-0.39, 0.29) is 12.1 Å². The van der Waals surface area contributed by atoms with Crippen LogP contribution in [0, 0.1) is 5.92 Å². The molecule has 2 aromatic rings. The summed E-state index contributed by atoms with van der Waals surface area (Å²) in [6.07, 6.45) is 4.09. The van der Waals surface area contributed by atoms with Gasteiger partial charge in [-0.25, -0.2) is 4.79 Å². The van der Waals surface area contributed by atoms with E-state index in [1.54, 1.807) is 17.2 Å². The first-order valence-electron chi connectivity index (χ1n) is 7.57. The summed E-state index contributed by atoms with van der Waals surface area (Å²) in [5.41, 5.74) is 1.21. The molecule has 118 valence electrons. The molecule has 0 saturated heterocycles. The van der Waals surface area contributed by atoms with Crippen molar-refractivity contribution in [3.63, 3.8) is 0 Å². The smallest absolute Gasteiger partial charge is 0.315 e. The summed E-state index contributed by atoms with van der Waals surface area (Å²) in [7, 11) is 0. The van der Waals surface area contributed by atoms with Crippen LogP contribution in [0.25, 0.3) is 0 Å². The average molecular weight is 301 g/mol. The quantitative estimate of drug-likeness (QED) is 0.819. The molecule has 0 spiro atoms. The van der Waals surface area contributed by atoms with Crippen molar-refractivity contribution < 1.29 is 4.79 Å². The van der Waals surface area contributed by atoms with Crippen molar-refractivity contribution in [3.05, 3.63) is 48.3 Å². The van der Waals surface area contributed by atoms with Gasteiger partial charge < -0.3 is 10.6 Å². The summed E-state index contributed by atoms with van der Waals surface area (Å²) in [5.74, 6) is 0.297. The Morgan fingerprint density at radius 1 is 1.18 bits per heavy atom. The van der Waals surface area contributed by atoms with Gasteiger partial charge in [0.15, 0.2) is 0 Å². The molecule has 1 aromatic carbocycles. The van der Waals surface area contributed by atoms with E-state index < -0.39 is 0 Å². The number of nitrogens with zero attached hydrogens (tertiary/aromatic N) is 3. The van der Waals surface area contributed by atoms with Crippen molar-refractivity contribution in [2.75, 3.05) is 6.54 Å². The minimum Gasteiger partial charge on any atom is -0.338 e. The molecule has 1 heterocycles. The molecular formula is C16H23N5O. The van der Waals surface area contributed by atoms with E-state index in [4.69, 9.17) is 0 Å². The number of hydrogen-bond donors (Lipinski definition) is 2. The van der Waals surface area contributed by atoms with Gasteiger partial charge in [0, 0.05) is 6.54 Å². The maximum atomic E-state index is 12.0. The molecule has 1 aromatic heterocycles. The van der Waals surface area contributed by atoms with Gasteiger partial charge >= 0.3 is 6.03 Å². The Labute approximate surface area is 130 Å². The van der Waals surface area contributed by atoms with Crippen LogP contribution in [0.2, 0.25) is 0 Å². The molecule has 6 nitrogen and oxygen atoms in total. The highest BCUT2D eigenvalue weighted by atomic mass is 16.2. The van der Waals surface area contributed by atoms with Crippen LogP contribution in [0.4, 0.5) is 4.79 Å². The van der Waals surface area contributed by atoms with Crippen LogP contribution >= 0.6 is 0 Å². The van der Waals surface area contributed by atoms with Gasteiger partial charge in [0.1, 0.15) is 0 Å². The molecule has 2 N–H and O–H groups in total. The molecule has 0 aliphatic heterocycles. The minimum absolute atomic E-state index is 0.0101. The zero-order chi connectivity index (χ0) is 15.8. The first kappa shape index (κ1) is 16.0. The standard InChI is InChI=1S/C16H23N5O/c1-13(2)15(12-21-18-10-11-19-21)20-16(22)17-9-8-14-6-4-3-5-7-14/h3-7,10-11,13,15H,8-9,12H2,1-2H3,(H2,17,20,22)/t15-/m1/s1. The zero-order valence-electron chi connectivity index (χ0n) is 13.1. The van der Waals surface area contributed by atoms with E-state index in [1.165, 1.54) is 5.56 Å². The highest BCUT2D eigenvalue weighted by Gasteiger charge is 2.17. The van der Waals surface area contributed by atoms with Crippen LogP contribution in [-0.4, -0.2) is 33.6 Å². The number of hydrogen-bond acceptors (Lipinski definition) is 3. The molecule has 6 heteroatoms. The van der Waals surface area contributed by atoms with E-state index in [2.05, 4.69) is 46.8 Å². The van der Waals surface area contributed by atoms with Crippen molar-refractivity contribution in [1.82, 2.24) is 25.6 Å². The van der Waals surface area contributed by atoms with Crippen LogP contribution in [0.15, 0.2) is 42.7 Å². The van der Waals surface area contributed by atoms with Crippen molar-refractivity contribution in [2.24, 2.45) is 5.92 Å². The van der Waals surface area contributed by atoms with E-state index in [9.17, 15) is 4.79 Å². The maximum absolute atomic E-state index is 12.0. The van der Waals surface area contributed by atoms with Gasteiger partial charge in [0.05, 0.1) is 25.0 Å². The highest BCUT2D eigenvalue weighted by Crippen LogP contribution is 2.03. The van der Waals surface area contributed by atoms with Gasteiger partial charge in [-0.2, -0.15) is 15.0 Å². The first-order chi connectivity index (χ1) is 10.6. The topological polar surface area (TPSA) is 71.8 Å². The van der Waals surface area contributed by atoms with Gasteiger partial charge in [-0.15, -0.1) is 0 Å². The number of aromatic nitrogens is 3. The van der Waals surface area contributed by atoms with Gasteiger partial charge in [-0.1, -0.05) is 44.2 Å². The Bertz CT molecular complexity index is 553. The Hall–Kier alpha value is -2.37. The number of benzene rings is 1. The Morgan fingerprint density at radius 3 is 2.50 bits per heavy atom. The molecule has 0 aliphatic carbocycles. The van der Waals surface area contributed by atoms with Gasteiger partial charge in [-0.3, -0.25) is 0 Å². The summed E-state index contributed by atoms with van der Waals surface area (Å²) in [6, 6.07) is 9.94. The first-order valence-corrected chi connectivity index (χ1v) is 7.57. The number of nitrogens with one attached hydrogen (secondary N) is 2. The summed E-state index contributed by atoms with van der Waals surface area (Å²) in [6.45, 7) is 5.31. The lowest BCUT2D eigenvalue weighted by atomic mass is 10.1. The molecule has 1 atom stereocenters.